The minimum absolute atomic E-state index is 0.239. The number of rotatable bonds is 5. The first-order valence-electron chi connectivity index (χ1n) is 8.45. The molecule has 0 fully saturated rings. The molecule has 0 N–H and O–H groups in total. The van der Waals surface area contributed by atoms with Crippen LogP contribution in [-0.2, 0) is 10.0 Å². The maximum atomic E-state index is 13.6. The van der Waals surface area contributed by atoms with Gasteiger partial charge in [0.1, 0.15) is 4.75 Å². The monoisotopic (exact) mass is 448 g/mol. The van der Waals surface area contributed by atoms with Gasteiger partial charge in [-0.15, -0.1) is 0 Å². The Hall–Kier alpha value is -2.12. The van der Waals surface area contributed by atoms with E-state index in [-0.39, 0.29) is 5.78 Å². The van der Waals surface area contributed by atoms with Gasteiger partial charge in [-0.1, -0.05) is 52.4 Å². The molecule has 0 amide bonds. The van der Waals surface area contributed by atoms with E-state index in [1.54, 1.807) is 48.4 Å². The molecule has 142 valence electrons. The van der Waals surface area contributed by atoms with Gasteiger partial charge >= 0.3 is 0 Å². The van der Waals surface area contributed by atoms with Crippen LogP contribution in [0.3, 0.4) is 0 Å². The third-order valence-corrected chi connectivity index (χ3v) is 8.43. The molecule has 1 aromatic carbocycles. The fraction of sp³-hybridized carbons (Fsp3) is 0.250. The van der Waals surface area contributed by atoms with Crippen molar-refractivity contribution in [2.45, 2.75) is 18.1 Å². The van der Waals surface area contributed by atoms with Gasteiger partial charge in [0.25, 0.3) is 0 Å². The summed E-state index contributed by atoms with van der Waals surface area (Å²) in [5, 5.41) is 0.615. The Balaban J connectivity index is 2.20. The molecule has 5 nitrogen and oxygen atoms in total. The van der Waals surface area contributed by atoms with Crippen molar-refractivity contribution in [2.24, 2.45) is 0 Å². The molecule has 1 unspecified atom stereocenters. The summed E-state index contributed by atoms with van der Waals surface area (Å²) in [6, 6.07) is 7.06. The average Bonchev–Trinajstić information content (AvgIpc) is 3.02. The molecule has 3 rings (SSSR count). The highest BCUT2D eigenvalue weighted by Crippen LogP contribution is 2.39. The number of para-hydroxylation sites is 1. The van der Waals surface area contributed by atoms with Crippen molar-refractivity contribution in [3.05, 3.63) is 71.0 Å². The molecule has 0 aliphatic heterocycles. The number of fused-ring (bicyclic) bond motifs is 1. The number of hydrogen-bond donors (Lipinski definition) is 0. The normalized spacial score (nSPS) is 20.2. The minimum atomic E-state index is -3.82. The van der Waals surface area contributed by atoms with Gasteiger partial charge in [0.05, 0.1) is 5.52 Å². The van der Waals surface area contributed by atoms with E-state index in [0.29, 0.717) is 27.4 Å². The lowest BCUT2D eigenvalue weighted by Gasteiger charge is -2.30. The SMILES string of the molecule is CN(C)/C=C/C(=O)c1cn(S(=O)(=O)C2(C)CC=CC=C2Br)c2ccccc12. The second kappa shape index (κ2) is 7.13. The van der Waals surface area contributed by atoms with Crippen molar-refractivity contribution in [3.8, 4) is 0 Å². The zero-order chi connectivity index (χ0) is 19.8. The van der Waals surface area contributed by atoms with E-state index in [4.69, 9.17) is 0 Å². The predicted molar refractivity (Wildman–Crippen MR) is 113 cm³/mol. The van der Waals surface area contributed by atoms with Crippen molar-refractivity contribution >= 4 is 42.6 Å². The molecule has 1 aliphatic carbocycles. The van der Waals surface area contributed by atoms with Crippen LogP contribution in [0, 0.1) is 0 Å². The van der Waals surface area contributed by atoms with Crippen LogP contribution in [0.2, 0.25) is 0 Å². The highest BCUT2D eigenvalue weighted by atomic mass is 79.9. The average molecular weight is 449 g/mol. The number of hydrogen-bond acceptors (Lipinski definition) is 4. The Kier molecular flexibility index (Phi) is 5.18. The molecule has 1 atom stereocenters. The molecular weight excluding hydrogens is 428 g/mol. The molecule has 0 spiro atoms. The fourth-order valence-electron chi connectivity index (χ4n) is 3.02. The number of benzene rings is 1. The van der Waals surface area contributed by atoms with Crippen molar-refractivity contribution < 1.29 is 13.2 Å². The van der Waals surface area contributed by atoms with E-state index in [0.717, 1.165) is 0 Å². The van der Waals surface area contributed by atoms with Crippen LogP contribution in [-0.4, -0.2) is 41.9 Å². The molecule has 1 heterocycles. The van der Waals surface area contributed by atoms with Crippen molar-refractivity contribution in [1.29, 1.82) is 0 Å². The van der Waals surface area contributed by atoms with Crippen LogP contribution in [0.1, 0.15) is 23.7 Å². The van der Waals surface area contributed by atoms with Crippen molar-refractivity contribution in [3.63, 3.8) is 0 Å². The van der Waals surface area contributed by atoms with E-state index in [1.807, 2.05) is 26.2 Å². The number of ketones is 1. The summed E-state index contributed by atoms with van der Waals surface area (Å²) in [5.74, 6) is -0.239. The molecule has 2 aromatic rings. The van der Waals surface area contributed by atoms with Gasteiger partial charge in [0.2, 0.25) is 10.0 Å². The first kappa shape index (κ1) is 19.6. The van der Waals surface area contributed by atoms with Crippen LogP contribution in [0.5, 0.6) is 0 Å². The van der Waals surface area contributed by atoms with Gasteiger partial charge in [0, 0.05) is 48.0 Å². The second-order valence-corrected chi connectivity index (χ2v) is 9.98. The van der Waals surface area contributed by atoms with E-state index in [2.05, 4.69) is 15.9 Å². The second-order valence-electron chi connectivity index (χ2n) is 6.88. The fourth-order valence-corrected chi connectivity index (χ4v) is 5.66. The number of carbonyl (C=O) groups excluding carboxylic acids is 1. The maximum Gasteiger partial charge on any atom is 0.249 e. The summed E-state index contributed by atoms with van der Waals surface area (Å²) >= 11 is 3.42. The molecular formula is C20H21BrN2O3S. The third kappa shape index (κ3) is 3.30. The van der Waals surface area contributed by atoms with Crippen LogP contribution in [0.4, 0.5) is 0 Å². The van der Waals surface area contributed by atoms with E-state index in [9.17, 15) is 13.2 Å². The number of nitrogens with zero attached hydrogens (tertiary/aromatic N) is 2. The molecule has 0 bridgehead atoms. The van der Waals surface area contributed by atoms with Gasteiger partial charge in [-0.3, -0.25) is 4.79 Å². The summed E-state index contributed by atoms with van der Waals surface area (Å²) in [7, 11) is -0.181. The minimum Gasteiger partial charge on any atom is -0.383 e. The van der Waals surface area contributed by atoms with Gasteiger partial charge in [-0.2, -0.15) is 0 Å². The number of aromatic nitrogens is 1. The summed E-state index contributed by atoms with van der Waals surface area (Å²) < 4.78 is 27.8. The Morgan fingerprint density at radius 3 is 2.67 bits per heavy atom. The van der Waals surface area contributed by atoms with Gasteiger partial charge in [-0.25, -0.2) is 12.4 Å². The van der Waals surface area contributed by atoms with Crippen molar-refractivity contribution in [2.75, 3.05) is 14.1 Å². The highest BCUT2D eigenvalue weighted by Gasteiger charge is 2.43. The molecule has 1 aliphatic rings. The topological polar surface area (TPSA) is 59.4 Å². The smallest absolute Gasteiger partial charge is 0.249 e. The van der Waals surface area contributed by atoms with Crippen LogP contribution in [0.15, 0.2) is 65.4 Å². The summed E-state index contributed by atoms with van der Waals surface area (Å²) in [4.78, 5) is 14.4. The zero-order valence-corrected chi connectivity index (χ0v) is 17.8. The Labute approximate surface area is 167 Å². The zero-order valence-electron chi connectivity index (χ0n) is 15.4. The summed E-state index contributed by atoms with van der Waals surface area (Å²) in [6.07, 6.45) is 10.3. The first-order chi connectivity index (χ1) is 12.7. The molecule has 0 saturated heterocycles. The summed E-state index contributed by atoms with van der Waals surface area (Å²) in [5.41, 5.74) is 0.859. The first-order valence-corrected chi connectivity index (χ1v) is 10.7. The quantitative estimate of drug-likeness (QED) is 0.510. The number of carbonyl (C=O) groups is 1. The molecule has 0 saturated carbocycles. The Morgan fingerprint density at radius 2 is 2.00 bits per heavy atom. The largest absolute Gasteiger partial charge is 0.383 e. The van der Waals surface area contributed by atoms with Gasteiger partial charge in [-0.05, 0) is 19.4 Å². The van der Waals surface area contributed by atoms with Crippen LogP contribution >= 0.6 is 15.9 Å². The number of allylic oxidation sites excluding steroid dienone is 4. The highest BCUT2D eigenvalue weighted by molar-refractivity contribution is 9.12. The Morgan fingerprint density at radius 1 is 1.30 bits per heavy atom. The molecule has 1 aromatic heterocycles. The van der Waals surface area contributed by atoms with Crippen LogP contribution < -0.4 is 0 Å². The molecule has 27 heavy (non-hydrogen) atoms. The van der Waals surface area contributed by atoms with Gasteiger partial charge < -0.3 is 4.90 Å². The Bertz CT molecular complexity index is 1090. The lowest BCUT2D eigenvalue weighted by molar-refractivity contribution is 0.104. The molecule has 0 radical (unpaired) electrons. The lowest BCUT2D eigenvalue weighted by Crippen LogP contribution is -2.40. The predicted octanol–water partition coefficient (Wildman–Crippen LogP) is 4.07. The van der Waals surface area contributed by atoms with E-state index < -0.39 is 14.8 Å². The summed E-state index contributed by atoms with van der Waals surface area (Å²) in [6.45, 7) is 1.69. The van der Waals surface area contributed by atoms with E-state index in [1.165, 1.54) is 16.2 Å². The molecule has 7 heteroatoms. The van der Waals surface area contributed by atoms with Crippen LogP contribution in [0.25, 0.3) is 10.9 Å². The third-order valence-electron chi connectivity index (χ3n) is 4.69. The number of halogens is 1. The van der Waals surface area contributed by atoms with Gasteiger partial charge in [0.15, 0.2) is 5.78 Å². The van der Waals surface area contributed by atoms with E-state index >= 15 is 0 Å². The van der Waals surface area contributed by atoms with Crippen molar-refractivity contribution in [1.82, 2.24) is 8.87 Å². The lowest BCUT2D eigenvalue weighted by atomic mass is 10.0. The standard InChI is InChI=1S/C20H21BrN2O3S/c1-20(12-7-6-10-19(20)21)27(25,26)23-14-16(18(24)11-13-22(2)3)15-8-4-5-9-17(15)23/h4-11,13-14H,12H2,1-3H3/b13-11+. The maximum absolute atomic E-state index is 13.6.